The normalized spacial score (nSPS) is 40.4. The molecule has 8 atom stereocenters. The molecule has 0 unspecified atom stereocenters. The lowest BCUT2D eigenvalue weighted by Crippen LogP contribution is -2.54. The standard InChI is InChI=1S/C29H51N3O4/c1-19(2)30-14-15-32(16-17-33)27(35)36-31-20(3)24-8-9-25-23-7-6-21-18-22(34)10-12-28(21,4)26(23)11-13-29(24,25)5/h19,21-26,30,33-34H,6-18H2,1-5H3/b31-20+/t21-,22-,23+,24-,25+,26+,28+,29-/m1/s1. The summed E-state index contributed by atoms with van der Waals surface area (Å²) in [7, 11) is 0. The number of rotatable bonds is 8. The zero-order chi connectivity index (χ0) is 26.1. The minimum atomic E-state index is -0.483. The van der Waals surface area contributed by atoms with Crippen LogP contribution in [0.5, 0.6) is 0 Å². The summed E-state index contributed by atoms with van der Waals surface area (Å²) >= 11 is 0. The number of fused-ring (bicyclic) bond motifs is 5. The van der Waals surface area contributed by atoms with Crippen LogP contribution in [0.1, 0.15) is 92.4 Å². The molecule has 0 saturated heterocycles. The summed E-state index contributed by atoms with van der Waals surface area (Å²) in [6.45, 7) is 12.5. The van der Waals surface area contributed by atoms with Crippen LogP contribution in [0.2, 0.25) is 0 Å². The Balaban J connectivity index is 1.40. The lowest BCUT2D eigenvalue weighted by atomic mass is 9.44. The van der Waals surface area contributed by atoms with E-state index in [1.807, 2.05) is 6.92 Å². The van der Waals surface area contributed by atoms with Crippen molar-refractivity contribution >= 4 is 11.8 Å². The van der Waals surface area contributed by atoms with Gasteiger partial charge < -0.3 is 20.4 Å². The molecule has 4 aliphatic rings. The molecule has 36 heavy (non-hydrogen) atoms. The Hall–Kier alpha value is -1.18. The van der Waals surface area contributed by atoms with Crippen molar-refractivity contribution in [2.24, 2.45) is 45.6 Å². The van der Waals surface area contributed by atoms with Crippen molar-refractivity contribution in [1.29, 1.82) is 0 Å². The molecule has 0 aromatic carbocycles. The van der Waals surface area contributed by atoms with E-state index in [-0.39, 0.29) is 24.7 Å². The molecule has 7 nitrogen and oxygen atoms in total. The summed E-state index contributed by atoms with van der Waals surface area (Å²) in [6.07, 6.45) is 10.00. The molecule has 0 spiro atoms. The van der Waals surface area contributed by atoms with Crippen LogP contribution in [0.3, 0.4) is 0 Å². The van der Waals surface area contributed by atoms with Crippen LogP contribution in [0.15, 0.2) is 5.16 Å². The van der Waals surface area contributed by atoms with Crippen molar-refractivity contribution in [2.45, 2.75) is 105 Å². The smallest absolute Gasteiger partial charge is 0.395 e. The highest BCUT2D eigenvalue weighted by Gasteiger charge is 2.60. The predicted octanol–water partition coefficient (Wildman–Crippen LogP) is 4.81. The number of nitrogens with zero attached hydrogens (tertiary/aromatic N) is 2. The van der Waals surface area contributed by atoms with Gasteiger partial charge in [0.05, 0.1) is 18.4 Å². The van der Waals surface area contributed by atoms with Gasteiger partial charge in [-0.1, -0.05) is 32.9 Å². The topological polar surface area (TPSA) is 94.4 Å². The highest BCUT2D eigenvalue weighted by Crippen LogP contribution is 2.67. The summed E-state index contributed by atoms with van der Waals surface area (Å²) in [5.74, 6) is 3.30. The second kappa shape index (κ2) is 11.3. The average molecular weight is 506 g/mol. The monoisotopic (exact) mass is 505 g/mol. The SMILES string of the molecule is C/C(=N\OC(=O)N(CCO)CCNC(C)C)[C@H]1CC[C@H]2[C@@H]3CC[C@@H]4C[C@H](O)CC[C@]4(C)[C@H]3CC[C@]12C. The second-order valence-electron chi connectivity index (χ2n) is 13.2. The Morgan fingerprint density at radius 1 is 1.06 bits per heavy atom. The van der Waals surface area contributed by atoms with Crippen LogP contribution in [0.4, 0.5) is 4.79 Å². The van der Waals surface area contributed by atoms with E-state index in [0.29, 0.717) is 42.3 Å². The summed E-state index contributed by atoms with van der Waals surface area (Å²) in [5, 5.41) is 27.4. The summed E-state index contributed by atoms with van der Waals surface area (Å²) in [6, 6.07) is 0.339. The van der Waals surface area contributed by atoms with Crippen LogP contribution in [0.25, 0.3) is 0 Å². The van der Waals surface area contributed by atoms with Gasteiger partial charge in [0.2, 0.25) is 0 Å². The van der Waals surface area contributed by atoms with E-state index in [1.54, 1.807) is 0 Å². The molecule has 0 aromatic heterocycles. The van der Waals surface area contributed by atoms with Gasteiger partial charge in [-0.15, -0.1) is 0 Å². The third-order valence-electron chi connectivity index (χ3n) is 11.0. The van der Waals surface area contributed by atoms with Gasteiger partial charge in [0, 0.05) is 31.6 Å². The van der Waals surface area contributed by atoms with Crippen molar-refractivity contribution in [3.8, 4) is 0 Å². The van der Waals surface area contributed by atoms with E-state index in [9.17, 15) is 15.0 Å². The van der Waals surface area contributed by atoms with Crippen molar-refractivity contribution in [3.63, 3.8) is 0 Å². The first kappa shape index (κ1) is 27.8. The van der Waals surface area contributed by atoms with Gasteiger partial charge >= 0.3 is 6.09 Å². The largest absolute Gasteiger partial charge is 0.436 e. The van der Waals surface area contributed by atoms with E-state index >= 15 is 0 Å². The highest BCUT2D eigenvalue weighted by atomic mass is 16.7. The Kier molecular flexibility index (Phi) is 8.73. The molecule has 4 rings (SSSR count). The highest BCUT2D eigenvalue weighted by molar-refractivity contribution is 5.85. The molecular formula is C29H51N3O4. The number of hydrogen-bond acceptors (Lipinski definition) is 6. The number of oxime groups is 1. The van der Waals surface area contributed by atoms with Gasteiger partial charge in [-0.3, -0.25) is 4.84 Å². The lowest BCUT2D eigenvalue weighted by Gasteiger charge is -2.61. The number of hydrogen-bond donors (Lipinski definition) is 3. The Labute approximate surface area is 218 Å². The van der Waals surface area contributed by atoms with Crippen molar-refractivity contribution < 1.29 is 19.8 Å². The summed E-state index contributed by atoms with van der Waals surface area (Å²) < 4.78 is 0. The zero-order valence-corrected chi connectivity index (χ0v) is 23.3. The zero-order valence-electron chi connectivity index (χ0n) is 23.3. The minimum absolute atomic E-state index is 0.0920. The summed E-state index contributed by atoms with van der Waals surface area (Å²) in [5.41, 5.74) is 1.54. The number of amides is 1. The fourth-order valence-corrected chi connectivity index (χ4v) is 9.06. The third-order valence-corrected chi connectivity index (χ3v) is 11.0. The average Bonchev–Trinajstić information content (AvgIpc) is 3.19. The fraction of sp³-hybridized carbons (Fsp3) is 0.931. The molecule has 0 aliphatic heterocycles. The van der Waals surface area contributed by atoms with E-state index in [2.05, 4.69) is 38.2 Å². The molecule has 1 amide bonds. The maximum absolute atomic E-state index is 12.7. The van der Waals surface area contributed by atoms with Crippen LogP contribution in [0, 0.1) is 40.4 Å². The van der Waals surface area contributed by atoms with Gasteiger partial charge in [0.25, 0.3) is 0 Å². The molecule has 0 heterocycles. The van der Waals surface area contributed by atoms with Gasteiger partial charge in [-0.25, -0.2) is 4.79 Å². The number of carbonyl (C=O) groups excluding carboxylic acids is 1. The van der Waals surface area contributed by atoms with Crippen LogP contribution >= 0.6 is 0 Å². The number of aliphatic hydroxyl groups is 2. The molecule has 0 bridgehead atoms. The first-order chi connectivity index (χ1) is 17.1. The first-order valence-corrected chi connectivity index (χ1v) is 14.6. The van der Waals surface area contributed by atoms with Gasteiger partial charge in [0.1, 0.15) is 0 Å². The first-order valence-electron chi connectivity index (χ1n) is 14.6. The maximum Gasteiger partial charge on any atom is 0.436 e. The molecule has 4 fully saturated rings. The van der Waals surface area contributed by atoms with E-state index in [0.717, 1.165) is 36.8 Å². The van der Waals surface area contributed by atoms with Gasteiger partial charge in [0.15, 0.2) is 0 Å². The number of nitrogens with one attached hydrogen (secondary N) is 1. The predicted molar refractivity (Wildman–Crippen MR) is 143 cm³/mol. The lowest BCUT2D eigenvalue weighted by molar-refractivity contribution is -0.123. The molecule has 4 aliphatic carbocycles. The number of carbonyl (C=O) groups is 1. The molecule has 0 aromatic rings. The van der Waals surface area contributed by atoms with Crippen LogP contribution in [-0.2, 0) is 4.84 Å². The van der Waals surface area contributed by atoms with E-state index < -0.39 is 6.09 Å². The number of aliphatic hydroxyl groups excluding tert-OH is 2. The van der Waals surface area contributed by atoms with Crippen LogP contribution < -0.4 is 5.32 Å². The summed E-state index contributed by atoms with van der Waals surface area (Å²) in [4.78, 5) is 19.7. The Bertz CT molecular complexity index is 803. The minimum Gasteiger partial charge on any atom is -0.395 e. The molecule has 206 valence electrons. The van der Waals surface area contributed by atoms with Crippen molar-refractivity contribution in [3.05, 3.63) is 0 Å². The molecule has 4 saturated carbocycles. The van der Waals surface area contributed by atoms with Gasteiger partial charge in [-0.2, -0.15) is 0 Å². The fourth-order valence-electron chi connectivity index (χ4n) is 9.06. The molecule has 3 N–H and O–H groups in total. The van der Waals surface area contributed by atoms with Crippen LogP contribution in [-0.4, -0.2) is 65.3 Å². The Morgan fingerprint density at radius 2 is 1.78 bits per heavy atom. The van der Waals surface area contributed by atoms with Crippen molar-refractivity contribution in [1.82, 2.24) is 10.2 Å². The van der Waals surface area contributed by atoms with E-state index in [4.69, 9.17) is 4.84 Å². The quantitative estimate of drug-likeness (QED) is 0.250. The van der Waals surface area contributed by atoms with Crippen molar-refractivity contribution in [2.75, 3.05) is 26.2 Å². The van der Waals surface area contributed by atoms with E-state index in [1.165, 1.54) is 43.4 Å². The Morgan fingerprint density at radius 3 is 2.50 bits per heavy atom. The van der Waals surface area contributed by atoms with Gasteiger partial charge in [-0.05, 0) is 99.2 Å². The maximum atomic E-state index is 12.7. The molecular weight excluding hydrogens is 454 g/mol. The molecule has 7 heteroatoms. The second-order valence-corrected chi connectivity index (χ2v) is 13.2. The molecule has 0 radical (unpaired) electrons. The third kappa shape index (κ3) is 5.35.